The number of carbonyl (C=O) groups excluding carboxylic acids is 2. The first kappa shape index (κ1) is 53.3. The van der Waals surface area contributed by atoms with Crippen LogP contribution in [0.5, 0.6) is 11.5 Å². The molecule has 0 radical (unpaired) electrons. The van der Waals surface area contributed by atoms with Crippen molar-refractivity contribution in [2.45, 2.75) is 143 Å². The molecule has 0 fully saturated rings. The Morgan fingerprint density at radius 3 is 1.48 bits per heavy atom. The molecule has 0 aromatic heterocycles. The minimum atomic E-state index is -2.10. The number of methoxy groups -OCH3 is 2. The predicted molar refractivity (Wildman–Crippen MR) is 251 cm³/mol. The summed E-state index contributed by atoms with van der Waals surface area (Å²) in [5, 5.41) is 9.42. The monoisotopic (exact) mass is 891 g/mol. The summed E-state index contributed by atoms with van der Waals surface area (Å²) in [6.07, 6.45) is 12.0. The summed E-state index contributed by atoms with van der Waals surface area (Å²) < 4.78 is 45.7. The lowest BCUT2D eigenvalue weighted by Crippen LogP contribution is -2.51. The van der Waals surface area contributed by atoms with Crippen LogP contribution in [0.4, 0.5) is 0 Å². The Morgan fingerprint density at radius 1 is 0.603 bits per heavy atom. The lowest BCUT2D eigenvalue weighted by atomic mass is 9.79. The molecule has 3 rings (SSSR count). The van der Waals surface area contributed by atoms with E-state index in [1.165, 1.54) is 0 Å². The van der Waals surface area contributed by atoms with Crippen LogP contribution in [0.3, 0.4) is 0 Å². The van der Waals surface area contributed by atoms with Gasteiger partial charge >= 0.3 is 11.9 Å². The molecule has 0 aliphatic rings. The molecule has 0 saturated heterocycles. The zero-order valence-electron chi connectivity index (χ0n) is 39.4. The maximum atomic E-state index is 15.0. The van der Waals surface area contributed by atoms with E-state index in [1.807, 2.05) is 107 Å². The van der Waals surface area contributed by atoms with Crippen molar-refractivity contribution in [2.24, 2.45) is 5.41 Å². The third-order valence-corrected chi connectivity index (χ3v) is 13.1. The van der Waals surface area contributed by atoms with Crippen molar-refractivity contribution in [2.75, 3.05) is 47.3 Å². The van der Waals surface area contributed by atoms with Gasteiger partial charge in [0.05, 0.1) is 59.7 Å². The molecule has 0 aliphatic heterocycles. The maximum Gasteiger partial charge on any atom is 0.328 e. The Balaban J connectivity index is 2.26. The van der Waals surface area contributed by atoms with E-state index in [-0.39, 0.29) is 38.3 Å². The number of carbonyl (C=O) groups is 2. The number of hydrogen-bond acceptors (Lipinski definition) is 11. The van der Waals surface area contributed by atoms with Crippen LogP contribution in [0.15, 0.2) is 78.9 Å². The summed E-state index contributed by atoms with van der Waals surface area (Å²) in [6.45, 7) is 11.9. The van der Waals surface area contributed by atoms with Crippen molar-refractivity contribution in [3.05, 3.63) is 95.6 Å². The summed E-state index contributed by atoms with van der Waals surface area (Å²) in [7, 11) is 1.35. The lowest BCUT2D eigenvalue weighted by Gasteiger charge is -2.40. The Labute approximate surface area is 380 Å². The fraction of sp³-hybridized carbons (Fsp3) is 0.588. The molecule has 0 N–H and O–H groups in total. The lowest BCUT2D eigenvalue weighted by molar-refractivity contribution is -0.184. The quantitative estimate of drug-likeness (QED) is 0.0191. The Kier molecular flexibility index (Phi) is 24.9. The molecule has 1 atom stereocenters. The molecule has 3 aromatic rings. The number of ether oxygens (including phenoxy) is 5. The van der Waals surface area contributed by atoms with Crippen molar-refractivity contribution >= 4 is 20.5 Å². The number of nitriles is 1. The van der Waals surface area contributed by atoms with E-state index in [9.17, 15) is 5.26 Å². The second-order valence-electron chi connectivity index (χ2n) is 16.5. The van der Waals surface area contributed by atoms with Gasteiger partial charge in [0.1, 0.15) is 17.1 Å². The number of rotatable bonds is 33. The third kappa shape index (κ3) is 16.2. The standard InChI is InChI=1S/C51H75N2O9P/c1-9-11-13-15-17-22-36-58-48(54)50(49(55)59-37-23-18-16-14-12-10-2,40-62-63(61-38-24-35-52)53(41(3)4)42(5)6)39-60-51(43-25-20-19-21-26-43,44-27-31-46(56-7)32-28-44)45-29-33-47(57-8)34-30-45/h19-21,25-34,41-42H,9-18,22-24,36-40H2,1-8H3. The molecule has 0 saturated carbocycles. The molecule has 0 amide bonds. The topological polar surface area (TPSA) is 126 Å². The number of benzene rings is 3. The van der Waals surface area contributed by atoms with Gasteiger partial charge < -0.3 is 32.7 Å². The highest BCUT2D eigenvalue weighted by Gasteiger charge is 2.54. The zero-order chi connectivity index (χ0) is 45.9. The van der Waals surface area contributed by atoms with Gasteiger partial charge in [0.2, 0.25) is 5.41 Å². The van der Waals surface area contributed by atoms with Crippen LogP contribution in [0.25, 0.3) is 0 Å². The first-order valence-electron chi connectivity index (χ1n) is 23.1. The second kappa shape index (κ2) is 29.4. The number of nitrogens with zero attached hydrogens (tertiary/aromatic N) is 2. The molecule has 63 heavy (non-hydrogen) atoms. The van der Waals surface area contributed by atoms with Crippen molar-refractivity contribution in [1.82, 2.24) is 4.67 Å². The molecule has 1 unspecified atom stereocenters. The minimum Gasteiger partial charge on any atom is -0.497 e. The molecule has 11 nitrogen and oxygen atoms in total. The average molecular weight is 891 g/mol. The summed E-state index contributed by atoms with van der Waals surface area (Å²) in [5.74, 6) is -0.273. The fourth-order valence-electron chi connectivity index (χ4n) is 7.52. The second-order valence-corrected chi connectivity index (χ2v) is 18.0. The largest absolute Gasteiger partial charge is 0.497 e. The van der Waals surface area contributed by atoms with E-state index in [2.05, 4.69) is 24.6 Å². The first-order valence-corrected chi connectivity index (χ1v) is 24.2. The van der Waals surface area contributed by atoms with Gasteiger partial charge in [0, 0.05) is 12.1 Å². The smallest absolute Gasteiger partial charge is 0.328 e. The molecular weight excluding hydrogens is 816 g/mol. The van der Waals surface area contributed by atoms with Crippen LogP contribution in [-0.2, 0) is 38.4 Å². The maximum absolute atomic E-state index is 15.0. The van der Waals surface area contributed by atoms with E-state index in [0.29, 0.717) is 24.3 Å². The van der Waals surface area contributed by atoms with Crippen molar-refractivity contribution in [3.8, 4) is 17.6 Å². The van der Waals surface area contributed by atoms with Gasteiger partial charge in [-0.3, -0.25) is 9.59 Å². The zero-order valence-corrected chi connectivity index (χ0v) is 40.3. The molecule has 12 heteroatoms. The fourth-order valence-corrected chi connectivity index (χ4v) is 9.19. The number of unbranched alkanes of at least 4 members (excludes halogenated alkanes) is 10. The third-order valence-electron chi connectivity index (χ3n) is 11.0. The predicted octanol–water partition coefficient (Wildman–Crippen LogP) is 12.1. The Morgan fingerprint density at radius 2 is 1.05 bits per heavy atom. The SMILES string of the molecule is CCCCCCCCOC(=O)C(COP(OCCC#N)N(C(C)C)C(C)C)(COC(c1ccccc1)(c1ccc(OC)cc1)c1ccc(OC)cc1)C(=O)OCCCCCCCC. The number of esters is 2. The van der Waals surface area contributed by atoms with Gasteiger partial charge in [0.15, 0.2) is 0 Å². The molecule has 348 valence electrons. The summed E-state index contributed by atoms with van der Waals surface area (Å²) in [5.41, 5.74) is -1.27. The molecule has 0 bridgehead atoms. The van der Waals surface area contributed by atoms with Crippen LogP contribution < -0.4 is 9.47 Å². The molecule has 0 aliphatic carbocycles. The van der Waals surface area contributed by atoms with Gasteiger partial charge in [-0.2, -0.15) is 5.26 Å². The Bertz CT molecular complexity index is 1660. The number of hydrogen-bond donors (Lipinski definition) is 0. The van der Waals surface area contributed by atoms with Crippen LogP contribution in [-0.4, -0.2) is 75.9 Å². The van der Waals surface area contributed by atoms with Crippen LogP contribution in [0.2, 0.25) is 0 Å². The highest BCUT2D eigenvalue weighted by Crippen LogP contribution is 2.49. The van der Waals surface area contributed by atoms with Gasteiger partial charge in [-0.15, -0.1) is 0 Å². The van der Waals surface area contributed by atoms with Crippen molar-refractivity contribution in [1.29, 1.82) is 5.26 Å². The molecule has 0 spiro atoms. The van der Waals surface area contributed by atoms with E-state index >= 15 is 9.59 Å². The van der Waals surface area contributed by atoms with Gasteiger partial charge in [-0.1, -0.05) is 133 Å². The first-order chi connectivity index (χ1) is 30.5. The van der Waals surface area contributed by atoms with Crippen LogP contribution in [0.1, 0.15) is 142 Å². The molecule has 3 aromatic carbocycles. The van der Waals surface area contributed by atoms with E-state index < -0.39 is 44.7 Å². The summed E-state index contributed by atoms with van der Waals surface area (Å²) in [6, 6.07) is 26.9. The summed E-state index contributed by atoms with van der Waals surface area (Å²) >= 11 is 0. The van der Waals surface area contributed by atoms with Crippen LogP contribution >= 0.6 is 8.53 Å². The average Bonchev–Trinajstić information content (AvgIpc) is 3.29. The van der Waals surface area contributed by atoms with Crippen molar-refractivity contribution in [3.63, 3.8) is 0 Å². The van der Waals surface area contributed by atoms with Gasteiger partial charge in [-0.25, -0.2) is 4.67 Å². The van der Waals surface area contributed by atoms with Crippen molar-refractivity contribution < 1.29 is 42.3 Å². The normalized spacial score (nSPS) is 12.3. The van der Waals surface area contributed by atoms with Crippen LogP contribution in [0, 0.1) is 16.7 Å². The highest BCUT2D eigenvalue weighted by molar-refractivity contribution is 7.44. The van der Waals surface area contributed by atoms with Gasteiger partial charge in [0.25, 0.3) is 8.53 Å². The Hall–Kier alpha value is -4.04. The van der Waals surface area contributed by atoms with Gasteiger partial charge in [-0.05, 0) is 81.5 Å². The molecule has 0 heterocycles. The summed E-state index contributed by atoms with van der Waals surface area (Å²) in [4.78, 5) is 30.1. The van der Waals surface area contributed by atoms with E-state index in [1.54, 1.807) is 14.2 Å². The highest BCUT2D eigenvalue weighted by atomic mass is 31.2. The molecular formula is C51H75N2O9P. The minimum absolute atomic E-state index is 0.0287. The van der Waals surface area contributed by atoms with E-state index in [0.717, 1.165) is 80.9 Å². The van der Waals surface area contributed by atoms with E-state index in [4.69, 9.17) is 32.7 Å².